The summed E-state index contributed by atoms with van der Waals surface area (Å²) in [6.45, 7) is 0. The van der Waals surface area contributed by atoms with Crippen molar-refractivity contribution < 1.29 is 16.8 Å². The predicted octanol–water partition coefficient (Wildman–Crippen LogP) is 6.33. The van der Waals surface area contributed by atoms with Gasteiger partial charge in [-0.05, 0) is 71.8 Å². The Hall–Kier alpha value is -2.64. The van der Waals surface area contributed by atoms with E-state index in [9.17, 15) is 16.8 Å². The van der Waals surface area contributed by atoms with E-state index in [-0.39, 0.29) is 19.6 Å². The summed E-state index contributed by atoms with van der Waals surface area (Å²) in [6, 6.07) is 24.6. The number of sulfone groups is 2. The van der Waals surface area contributed by atoms with Crippen LogP contribution in [0.5, 0.6) is 0 Å². The van der Waals surface area contributed by atoms with E-state index in [0.717, 1.165) is 5.56 Å². The molecule has 0 heterocycles. The Labute approximate surface area is 196 Å². The quantitative estimate of drug-likeness (QED) is 0.319. The minimum absolute atomic E-state index is 0.0538. The molecule has 0 radical (unpaired) electrons. The zero-order valence-electron chi connectivity index (χ0n) is 16.4. The van der Waals surface area contributed by atoms with Gasteiger partial charge in [0.2, 0.25) is 19.7 Å². The minimum atomic E-state index is -4.18. The normalized spacial score (nSPS) is 11.9. The fourth-order valence-corrected chi connectivity index (χ4v) is 6.82. The van der Waals surface area contributed by atoms with Crippen LogP contribution < -0.4 is 0 Å². The molecule has 4 nitrogen and oxygen atoms in total. The van der Waals surface area contributed by atoms with Gasteiger partial charge in [-0.25, -0.2) is 16.8 Å². The summed E-state index contributed by atoms with van der Waals surface area (Å²) in [7, 11) is -8.33. The maximum atomic E-state index is 13.6. The van der Waals surface area contributed by atoms with Crippen molar-refractivity contribution in [3.8, 4) is 11.1 Å². The van der Waals surface area contributed by atoms with Crippen molar-refractivity contribution in [2.75, 3.05) is 0 Å². The third-order valence-electron chi connectivity index (χ3n) is 4.88. The van der Waals surface area contributed by atoms with E-state index < -0.39 is 19.7 Å². The molecule has 0 aliphatic carbocycles. The molecule has 4 aromatic carbocycles. The molecule has 0 bridgehead atoms. The first-order chi connectivity index (χ1) is 15.2. The van der Waals surface area contributed by atoms with Gasteiger partial charge in [0, 0.05) is 10.0 Å². The second-order valence-corrected chi connectivity index (χ2v) is 11.7. The van der Waals surface area contributed by atoms with Crippen LogP contribution in [0.25, 0.3) is 11.1 Å². The second-order valence-electron chi connectivity index (χ2n) is 6.94. The van der Waals surface area contributed by atoms with Gasteiger partial charge in [-0.2, -0.15) is 0 Å². The lowest BCUT2D eigenvalue weighted by molar-refractivity contribution is 0.582. The molecular formula is C24H16Cl2O4S2. The van der Waals surface area contributed by atoms with Crippen LogP contribution in [0.2, 0.25) is 10.0 Å². The molecule has 8 heteroatoms. The minimum Gasteiger partial charge on any atom is -0.218 e. The Morgan fingerprint density at radius 2 is 0.938 bits per heavy atom. The number of benzene rings is 4. The SMILES string of the molecule is O=S(=O)(c1ccc(Cl)cc1)c1ccc(-c2ccccc2)cc1S(=O)(=O)c1ccc(Cl)cc1. The van der Waals surface area contributed by atoms with Crippen molar-refractivity contribution >= 4 is 42.9 Å². The molecule has 0 unspecified atom stereocenters. The van der Waals surface area contributed by atoms with Gasteiger partial charge in [0.25, 0.3) is 0 Å². The zero-order chi connectivity index (χ0) is 22.9. The van der Waals surface area contributed by atoms with Crippen LogP contribution in [0.1, 0.15) is 0 Å². The summed E-state index contributed by atoms with van der Waals surface area (Å²) >= 11 is 11.8. The Balaban J connectivity index is 1.98. The maximum Gasteiger partial charge on any atom is 0.207 e. The van der Waals surface area contributed by atoms with Crippen LogP contribution in [-0.2, 0) is 19.7 Å². The third kappa shape index (κ3) is 4.32. The smallest absolute Gasteiger partial charge is 0.207 e. The molecule has 0 saturated carbocycles. The van der Waals surface area contributed by atoms with E-state index in [4.69, 9.17) is 23.2 Å². The lowest BCUT2D eigenvalue weighted by Gasteiger charge is -2.14. The van der Waals surface area contributed by atoms with Crippen LogP contribution in [0.15, 0.2) is 117 Å². The van der Waals surface area contributed by atoms with E-state index in [1.165, 1.54) is 60.7 Å². The average Bonchev–Trinajstić information content (AvgIpc) is 2.80. The summed E-state index contributed by atoms with van der Waals surface area (Å²) in [6.07, 6.45) is 0. The van der Waals surface area contributed by atoms with Gasteiger partial charge in [0.15, 0.2) is 0 Å². The van der Waals surface area contributed by atoms with Gasteiger partial charge in [0.05, 0.1) is 19.6 Å². The highest BCUT2D eigenvalue weighted by molar-refractivity contribution is 7.94. The van der Waals surface area contributed by atoms with Gasteiger partial charge in [-0.3, -0.25) is 0 Å². The molecule has 0 aromatic heterocycles. The highest BCUT2D eigenvalue weighted by atomic mass is 35.5. The molecule has 0 spiro atoms. The van der Waals surface area contributed by atoms with Crippen LogP contribution in [0.4, 0.5) is 0 Å². The molecule has 0 aliphatic rings. The molecule has 0 atom stereocenters. The molecular weight excluding hydrogens is 487 g/mol. The highest BCUT2D eigenvalue weighted by Gasteiger charge is 2.30. The fourth-order valence-electron chi connectivity index (χ4n) is 3.23. The maximum absolute atomic E-state index is 13.6. The van der Waals surface area contributed by atoms with Crippen molar-refractivity contribution in [2.24, 2.45) is 0 Å². The lowest BCUT2D eigenvalue weighted by atomic mass is 10.1. The van der Waals surface area contributed by atoms with E-state index in [0.29, 0.717) is 15.6 Å². The highest BCUT2D eigenvalue weighted by Crippen LogP contribution is 2.35. The molecule has 0 fully saturated rings. The van der Waals surface area contributed by atoms with Crippen LogP contribution >= 0.6 is 23.2 Å². The monoisotopic (exact) mass is 502 g/mol. The van der Waals surface area contributed by atoms with Gasteiger partial charge in [-0.15, -0.1) is 0 Å². The summed E-state index contributed by atoms with van der Waals surface area (Å²) < 4.78 is 53.9. The molecule has 0 N–H and O–H groups in total. The first-order valence-corrected chi connectivity index (χ1v) is 13.1. The van der Waals surface area contributed by atoms with Gasteiger partial charge >= 0.3 is 0 Å². The first-order valence-electron chi connectivity index (χ1n) is 9.40. The Morgan fingerprint density at radius 3 is 1.44 bits per heavy atom. The second kappa shape index (κ2) is 8.71. The molecule has 0 amide bonds. The molecule has 4 rings (SSSR count). The Kier molecular flexibility index (Phi) is 6.14. The van der Waals surface area contributed by atoms with Crippen LogP contribution in [0, 0.1) is 0 Å². The average molecular weight is 503 g/mol. The number of hydrogen-bond acceptors (Lipinski definition) is 4. The fraction of sp³-hybridized carbons (Fsp3) is 0. The van der Waals surface area contributed by atoms with Gasteiger partial charge < -0.3 is 0 Å². The molecule has 162 valence electrons. The summed E-state index contributed by atoms with van der Waals surface area (Å²) in [5.41, 5.74) is 1.34. The Morgan fingerprint density at radius 1 is 0.469 bits per heavy atom. The van der Waals surface area contributed by atoms with E-state index in [2.05, 4.69) is 0 Å². The van der Waals surface area contributed by atoms with Crippen molar-refractivity contribution in [3.63, 3.8) is 0 Å². The van der Waals surface area contributed by atoms with E-state index in [1.54, 1.807) is 6.07 Å². The van der Waals surface area contributed by atoms with Crippen LogP contribution in [-0.4, -0.2) is 16.8 Å². The number of rotatable bonds is 5. The third-order valence-corrected chi connectivity index (χ3v) is 9.15. The van der Waals surface area contributed by atoms with Crippen molar-refractivity contribution in [1.82, 2.24) is 0 Å². The standard InChI is InChI=1S/C24H16Cl2O4S2/c25-19-7-11-21(12-8-19)31(27,28)23-15-6-18(17-4-2-1-3-5-17)16-24(23)32(29,30)22-13-9-20(26)10-14-22/h1-16H. The summed E-state index contributed by atoms with van der Waals surface area (Å²) in [5.74, 6) is 0. The largest absolute Gasteiger partial charge is 0.218 e. The van der Waals surface area contributed by atoms with Crippen LogP contribution in [0.3, 0.4) is 0 Å². The van der Waals surface area contributed by atoms with E-state index in [1.807, 2.05) is 30.3 Å². The number of halogens is 2. The molecule has 0 saturated heterocycles. The van der Waals surface area contributed by atoms with Crippen molar-refractivity contribution in [1.29, 1.82) is 0 Å². The van der Waals surface area contributed by atoms with E-state index >= 15 is 0 Å². The predicted molar refractivity (Wildman–Crippen MR) is 126 cm³/mol. The van der Waals surface area contributed by atoms with Crippen molar-refractivity contribution in [2.45, 2.75) is 19.6 Å². The lowest BCUT2D eigenvalue weighted by Crippen LogP contribution is -2.11. The molecule has 4 aromatic rings. The van der Waals surface area contributed by atoms with Gasteiger partial charge in [-0.1, -0.05) is 59.6 Å². The van der Waals surface area contributed by atoms with Gasteiger partial charge in [0.1, 0.15) is 0 Å². The zero-order valence-corrected chi connectivity index (χ0v) is 19.6. The Bertz CT molecular complexity index is 1480. The molecule has 32 heavy (non-hydrogen) atoms. The topological polar surface area (TPSA) is 68.3 Å². The summed E-state index contributed by atoms with van der Waals surface area (Å²) in [5, 5.41) is 0.744. The van der Waals surface area contributed by atoms with Crippen molar-refractivity contribution in [3.05, 3.63) is 107 Å². The first kappa shape index (κ1) is 22.6. The number of hydrogen-bond donors (Lipinski definition) is 0. The molecule has 0 aliphatic heterocycles. The summed E-state index contributed by atoms with van der Waals surface area (Å²) in [4.78, 5) is -0.729.